The van der Waals surface area contributed by atoms with Crippen molar-refractivity contribution in [2.75, 3.05) is 0 Å². The fourth-order valence-electron chi connectivity index (χ4n) is 1.01. The number of esters is 1. The molecule has 82 valence electrons. The maximum absolute atomic E-state index is 11.3. The first-order valence-electron chi connectivity index (χ1n) is 4.64. The zero-order valence-corrected chi connectivity index (χ0v) is 9.98. The van der Waals surface area contributed by atoms with Gasteiger partial charge in [0.2, 0.25) is 0 Å². The number of hydrogen-bond acceptors (Lipinski definition) is 3. The van der Waals surface area contributed by atoms with E-state index in [-0.39, 0.29) is 6.61 Å². The SMILES string of the molecule is C[C@@H](O)[C@@H](Br)C(=O)OCc1ccccc1. The fraction of sp³-hybridized carbons (Fsp3) is 0.364. The number of ether oxygens (including phenoxy) is 1. The molecule has 0 radical (unpaired) electrons. The Balaban J connectivity index is 2.41. The molecule has 3 nitrogen and oxygen atoms in total. The van der Waals surface area contributed by atoms with Crippen molar-refractivity contribution in [2.45, 2.75) is 24.5 Å². The molecule has 0 amide bonds. The first-order chi connectivity index (χ1) is 7.11. The molecule has 0 bridgehead atoms. The molecule has 0 saturated heterocycles. The first-order valence-corrected chi connectivity index (χ1v) is 5.55. The maximum Gasteiger partial charge on any atom is 0.322 e. The zero-order valence-electron chi connectivity index (χ0n) is 8.39. The molecule has 0 heterocycles. The van der Waals surface area contributed by atoms with E-state index < -0.39 is 16.9 Å². The molecule has 15 heavy (non-hydrogen) atoms. The number of hydrogen-bond donors (Lipinski definition) is 1. The van der Waals surface area contributed by atoms with E-state index in [9.17, 15) is 4.79 Å². The standard InChI is InChI=1S/C11H13BrO3/c1-8(13)10(12)11(14)15-7-9-5-3-2-4-6-9/h2-6,8,10,13H,7H2,1H3/t8-,10-/m1/s1. The van der Waals surface area contributed by atoms with Crippen molar-refractivity contribution in [1.29, 1.82) is 0 Å². The van der Waals surface area contributed by atoms with Gasteiger partial charge in [0.1, 0.15) is 11.4 Å². The van der Waals surface area contributed by atoms with E-state index in [2.05, 4.69) is 15.9 Å². The Bertz CT molecular complexity index is 311. The van der Waals surface area contributed by atoms with Crippen LogP contribution in [0, 0.1) is 0 Å². The molecule has 1 aromatic rings. The summed E-state index contributed by atoms with van der Waals surface area (Å²) in [6, 6.07) is 9.40. The minimum atomic E-state index is -0.756. The summed E-state index contributed by atoms with van der Waals surface area (Å²) in [5.74, 6) is -0.450. The van der Waals surface area contributed by atoms with E-state index in [0.29, 0.717) is 0 Å². The average molecular weight is 273 g/mol. The normalized spacial score (nSPS) is 14.3. The summed E-state index contributed by atoms with van der Waals surface area (Å²) in [4.78, 5) is 10.7. The van der Waals surface area contributed by atoms with Gasteiger partial charge in [-0.1, -0.05) is 46.3 Å². The number of alkyl halides is 1. The summed E-state index contributed by atoms with van der Waals surface area (Å²) in [6.45, 7) is 1.76. The molecule has 2 atom stereocenters. The summed E-state index contributed by atoms with van der Waals surface area (Å²) in [6.07, 6.45) is -0.756. The van der Waals surface area contributed by atoms with Crippen molar-refractivity contribution in [1.82, 2.24) is 0 Å². The molecular formula is C11H13BrO3. The first kappa shape index (κ1) is 12.2. The van der Waals surface area contributed by atoms with Crippen molar-refractivity contribution in [3.8, 4) is 0 Å². The van der Waals surface area contributed by atoms with Crippen LogP contribution >= 0.6 is 15.9 Å². The zero-order chi connectivity index (χ0) is 11.3. The van der Waals surface area contributed by atoms with Gasteiger partial charge < -0.3 is 9.84 Å². The molecule has 0 aromatic heterocycles. The van der Waals surface area contributed by atoms with Crippen LogP contribution in [0.1, 0.15) is 12.5 Å². The predicted octanol–water partition coefficient (Wildman–Crippen LogP) is 1.87. The average Bonchev–Trinajstić information content (AvgIpc) is 2.26. The van der Waals surface area contributed by atoms with Crippen molar-refractivity contribution in [3.05, 3.63) is 35.9 Å². The number of rotatable bonds is 4. The lowest BCUT2D eigenvalue weighted by molar-refractivity contribution is -0.145. The van der Waals surface area contributed by atoms with Gasteiger partial charge in [-0.25, -0.2) is 0 Å². The molecule has 0 unspecified atom stereocenters. The number of aliphatic hydroxyl groups excluding tert-OH is 1. The number of aliphatic hydroxyl groups is 1. The van der Waals surface area contributed by atoms with Crippen LogP contribution in [0.4, 0.5) is 0 Å². The maximum atomic E-state index is 11.3. The smallest absolute Gasteiger partial charge is 0.322 e. The minimum absolute atomic E-state index is 0.231. The molecule has 1 aromatic carbocycles. The number of benzene rings is 1. The van der Waals surface area contributed by atoms with Crippen molar-refractivity contribution in [2.24, 2.45) is 0 Å². The minimum Gasteiger partial charge on any atom is -0.460 e. The Morgan fingerprint density at radius 1 is 1.47 bits per heavy atom. The lowest BCUT2D eigenvalue weighted by Crippen LogP contribution is -2.27. The van der Waals surface area contributed by atoms with Gasteiger partial charge in [0.05, 0.1) is 6.10 Å². The third-order valence-electron chi connectivity index (χ3n) is 1.87. The Hall–Kier alpha value is -0.870. The van der Waals surface area contributed by atoms with Crippen LogP contribution in [-0.4, -0.2) is 22.0 Å². The second-order valence-electron chi connectivity index (χ2n) is 3.24. The summed E-state index contributed by atoms with van der Waals surface area (Å²) >= 11 is 3.06. The second kappa shape index (κ2) is 5.88. The largest absolute Gasteiger partial charge is 0.460 e. The van der Waals surface area contributed by atoms with E-state index in [1.54, 1.807) is 0 Å². The van der Waals surface area contributed by atoms with E-state index in [0.717, 1.165) is 5.56 Å². The Morgan fingerprint density at radius 2 is 2.07 bits per heavy atom. The van der Waals surface area contributed by atoms with E-state index in [1.165, 1.54) is 6.92 Å². The van der Waals surface area contributed by atoms with Gasteiger partial charge in [-0.15, -0.1) is 0 Å². The van der Waals surface area contributed by atoms with Gasteiger partial charge in [-0.3, -0.25) is 4.79 Å². The van der Waals surface area contributed by atoms with Crippen LogP contribution in [0.25, 0.3) is 0 Å². The topological polar surface area (TPSA) is 46.5 Å². The molecule has 1 rings (SSSR count). The highest BCUT2D eigenvalue weighted by atomic mass is 79.9. The van der Waals surface area contributed by atoms with Gasteiger partial charge in [-0.05, 0) is 12.5 Å². The van der Waals surface area contributed by atoms with Crippen LogP contribution in [0.15, 0.2) is 30.3 Å². The predicted molar refractivity (Wildman–Crippen MR) is 60.6 cm³/mol. The fourth-order valence-corrected chi connectivity index (χ4v) is 1.14. The summed E-state index contributed by atoms with van der Waals surface area (Å²) < 4.78 is 5.01. The van der Waals surface area contributed by atoms with Gasteiger partial charge >= 0.3 is 5.97 Å². The number of carbonyl (C=O) groups excluding carboxylic acids is 1. The van der Waals surface area contributed by atoms with Gasteiger partial charge in [-0.2, -0.15) is 0 Å². The van der Waals surface area contributed by atoms with Gasteiger partial charge in [0, 0.05) is 0 Å². The lowest BCUT2D eigenvalue weighted by Gasteiger charge is -2.12. The van der Waals surface area contributed by atoms with Crippen LogP contribution in [0.2, 0.25) is 0 Å². The van der Waals surface area contributed by atoms with Gasteiger partial charge in [0.25, 0.3) is 0 Å². The van der Waals surface area contributed by atoms with Crippen molar-refractivity contribution >= 4 is 21.9 Å². The third kappa shape index (κ3) is 4.01. The summed E-state index contributed by atoms with van der Waals surface area (Å²) in [7, 11) is 0. The van der Waals surface area contributed by atoms with E-state index in [4.69, 9.17) is 9.84 Å². The molecule has 4 heteroatoms. The summed E-state index contributed by atoms with van der Waals surface area (Å²) in [5, 5.41) is 9.14. The Labute approximate surface area is 97.2 Å². The van der Waals surface area contributed by atoms with Gasteiger partial charge in [0.15, 0.2) is 0 Å². The Kier molecular flexibility index (Phi) is 4.78. The van der Waals surface area contributed by atoms with Crippen LogP contribution < -0.4 is 0 Å². The number of halogens is 1. The molecule has 0 aliphatic carbocycles. The highest BCUT2D eigenvalue weighted by molar-refractivity contribution is 9.10. The highest BCUT2D eigenvalue weighted by Crippen LogP contribution is 2.09. The van der Waals surface area contributed by atoms with E-state index in [1.807, 2.05) is 30.3 Å². The molecule has 0 spiro atoms. The summed E-state index contributed by atoms with van der Waals surface area (Å²) in [5.41, 5.74) is 0.927. The van der Waals surface area contributed by atoms with Crippen molar-refractivity contribution < 1.29 is 14.6 Å². The molecule has 0 aliphatic rings. The lowest BCUT2D eigenvalue weighted by atomic mass is 10.2. The highest BCUT2D eigenvalue weighted by Gasteiger charge is 2.21. The van der Waals surface area contributed by atoms with E-state index >= 15 is 0 Å². The monoisotopic (exact) mass is 272 g/mol. The Morgan fingerprint density at radius 3 is 2.60 bits per heavy atom. The second-order valence-corrected chi connectivity index (χ2v) is 4.22. The molecular weight excluding hydrogens is 260 g/mol. The molecule has 0 aliphatic heterocycles. The third-order valence-corrected chi connectivity index (χ3v) is 3.01. The van der Waals surface area contributed by atoms with Crippen molar-refractivity contribution in [3.63, 3.8) is 0 Å². The van der Waals surface area contributed by atoms with Crippen LogP contribution in [-0.2, 0) is 16.1 Å². The van der Waals surface area contributed by atoms with Crippen LogP contribution in [0.3, 0.4) is 0 Å². The molecule has 1 N–H and O–H groups in total. The molecule has 0 saturated carbocycles. The van der Waals surface area contributed by atoms with Crippen LogP contribution in [0.5, 0.6) is 0 Å². The number of carbonyl (C=O) groups is 1. The molecule has 0 fully saturated rings. The quantitative estimate of drug-likeness (QED) is 0.673.